The predicted octanol–water partition coefficient (Wildman–Crippen LogP) is 3.68. The minimum Gasteiger partial charge on any atom is -0.454 e. The van der Waals surface area contributed by atoms with Gasteiger partial charge in [-0.05, 0) is 50.7 Å². The fourth-order valence-corrected chi connectivity index (χ4v) is 3.09. The first-order valence-corrected chi connectivity index (χ1v) is 8.81. The molecule has 0 fully saturated rings. The van der Waals surface area contributed by atoms with Crippen LogP contribution in [-0.2, 0) is 4.65 Å². The third-order valence-corrected chi connectivity index (χ3v) is 5.43. The van der Waals surface area contributed by atoms with Crippen LogP contribution in [0.2, 0.25) is 0 Å². The Labute approximate surface area is 153 Å². The molecule has 5 heteroatoms. The van der Waals surface area contributed by atoms with E-state index < -0.39 is 11.2 Å². The highest BCUT2D eigenvalue weighted by Crippen LogP contribution is 2.33. The minimum atomic E-state index is -0.946. The maximum absolute atomic E-state index is 10.4. The van der Waals surface area contributed by atoms with Gasteiger partial charge >= 0.3 is 7.48 Å². The van der Waals surface area contributed by atoms with Gasteiger partial charge in [0.05, 0.1) is 17.4 Å². The van der Waals surface area contributed by atoms with Crippen molar-refractivity contribution in [3.63, 3.8) is 0 Å². The van der Waals surface area contributed by atoms with E-state index in [0.717, 1.165) is 38.2 Å². The molecule has 0 aliphatic heterocycles. The molecule has 0 saturated carbocycles. The number of hydrogen-bond acceptors (Lipinski definition) is 4. The van der Waals surface area contributed by atoms with Crippen molar-refractivity contribution in [2.45, 2.75) is 38.9 Å². The van der Waals surface area contributed by atoms with E-state index in [1.807, 2.05) is 32.0 Å². The van der Waals surface area contributed by atoms with Gasteiger partial charge in [0.15, 0.2) is 5.58 Å². The molecule has 0 aliphatic rings. The first-order chi connectivity index (χ1) is 12.3. The molecule has 0 bridgehead atoms. The predicted molar refractivity (Wildman–Crippen MR) is 107 cm³/mol. The van der Waals surface area contributed by atoms with Crippen LogP contribution in [0, 0.1) is 0 Å². The Morgan fingerprint density at radius 3 is 2.62 bits per heavy atom. The number of fused-ring (bicyclic) bond motifs is 5. The van der Waals surface area contributed by atoms with Crippen molar-refractivity contribution in [2.24, 2.45) is 0 Å². The summed E-state index contributed by atoms with van der Waals surface area (Å²) in [6, 6.07) is 12.3. The molecule has 4 rings (SSSR count). The molecule has 0 spiro atoms. The van der Waals surface area contributed by atoms with Gasteiger partial charge < -0.3 is 14.2 Å². The van der Waals surface area contributed by atoms with Gasteiger partial charge in [-0.3, -0.25) is 4.98 Å². The summed E-state index contributed by atoms with van der Waals surface area (Å²) in [5.74, 6) is 0. The normalized spacial score (nSPS) is 13.0. The van der Waals surface area contributed by atoms with Crippen molar-refractivity contribution in [3.8, 4) is 0 Å². The summed E-state index contributed by atoms with van der Waals surface area (Å²) >= 11 is 0. The quantitative estimate of drug-likeness (QED) is 0.572. The van der Waals surface area contributed by atoms with Gasteiger partial charge in [0.25, 0.3) is 0 Å². The SMILES string of the molecule is CC(C)(O)C(C)(C)OBc1cccc2ccc3c4ccncc4oc3c12. The van der Waals surface area contributed by atoms with E-state index in [9.17, 15) is 5.11 Å². The molecule has 26 heavy (non-hydrogen) atoms. The molecule has 2 aromatic carbocycles. The number of aromatic nitrogens is 1. The maximum atomic E-state index is 10.4. The van der Waals surface area contributed by atoms with Crippen molar-refractivity contribution in [2.75, 3.05) is 0 Å². The van der Waals surface area contributed by atoms with Gasteiger partial charge in [0.2, 0.25) is 0 Å². The summed E-state index contributed by atoms with van der Waals surface area (Å²) in [5.41, 5.74) is 1.05. The van der Waals surface area contributed by atoms with Gasteiger partial charge in [0, 0.05) is 22.4 Å². The van der Waals surface area contributed by atoms with Crippen molar-refractivity contribution in [3.05, 3.63) is 48.8 Å². The monoisotopic (exact) mass is 347 g/mol. The molecule has 4 nitrogen and oxygen atoms in total. The second-order valence-electron chi connectivity index (χ2n) is 7.79. The number of pyridine rings is 1. The maximum Gasteiger partial charge on any atom is 0.310 e. The van der Waals surface area contributed by atoms with Gasteiger partial charge in [-0.2, -0.15) is 0 Å². The van der Waals surface area contributed by atoms with E-state index in [1.54, 1.807) is 26.2 Å². The number of nitrogens with zero attached hydrogens (tertiary/aromatic N) is 1. The summed E-state index contributed by atoms with van der Waals surface area (Å²) in [4.78, 5) is 4.16. The summed E-state index contributed by atoms with van der Waals surface area (Å²) in [5, 5.41) is 14.6. The lowest BCUT2D eigenvalue weighted by molar-refractivity contribution is -0.0893. The van der Waals surface area contributed by atoms with Crippen LogP contribution < -0.4 is 5.46 Å². The Bertz CT molecular complexity index is 1110. The topological polar surface area (TPSA) is 55.5 Å². The van der Waals surface area contributed by atoms with E-state index in [0.29, 0.717) is 7.48 Å². The molecular weight excluding hydrogens is 325 g/mol. The summed E-state index contributed by atoms with van der Waals surface area (Å²) in [6.07, 6.45) is 3.53. The van der Waals surface area contributed by atoms with Crippen LogP contribution in [0.15, 0.2) is 53.2 Å². The Morgan fingerprint density at radius 1 is 1.04 bits per heavy atom. The molecule has 1 N–H and O–H groups in total. The number of hydrogen-bond donors (Lipinski definition) is 1. The van der Waals surface area contributed by atoms with Crippen LogP contribution in [0.4, 0.5) is 0 Å². The Hall–Kier alpha value is -2.37. The summed E-state index contributed by atoms with van der Waals surface area (Å²) in [6.45, 7) is 7.34. The molecule has 0 aliphatic carbocycles. The Morgan fingerprint density at radius 2 is 1.85 bits per heavy atom. The van der Waals surface area contributed by atoms with Crippen LogP contribution >= 0.6 is 0 Å². The lowest BCUT2D eigenvalue weighted by Crippen LogP contribution is -2.49. The summed E-state index contributed by atoms with van der Waals surface area (Å²) in [7, 11) is 0.392. The first-order valence-electron chi connectivity index (χ1n) is 8.81. The molecule has 0 saturated heterocycles. The fourth-order valence-electron chi connectivity index (χ4n) is 3.09. The van der Waals surface area contributed by atoms with Gasteiger partial charge in [-0.25, -0.2) is 0 Å². The second-order valence-corrected chi connectivity index (χ2v) is 7.79. The molecule has 0 unspecified atom stereocenters. The highest BCUT2D eigenvalue weighted by atomic mass is 16.5. The van der Waals surface area contributed by atoms with Crippen molar-refractivity contribution in [1.82, 2.24) is 4.98 Å². The second kappa shape index (κ2) is 5.83. The third kappa shape index (κ3) is 2.68. The van der Waals surface area contributed by atoms with Crippen LogP contribution in [-0.4, -0.2) is 28.8 Å². The van der Waals surface area contributed by atoms with Crippen molar-refractivity contribution >= 4 is 45.7 Å². The number of aliphatic hydroxyl groups is 1. The van der Waals surface area contributed by atoms with E-state index in [1.165, 1.54) is 0 Å². The molecule has 0 atom stereocenters. The molecule has 2 heterocycles. The van der Waals surface area contributed by atoms with Gasteiger partial charge in [-0.15, -0.1) is 0 Å². The standard InChI is InChI=1S/C21H22BNO3/c1-20(2,24)21(3,4)26-22-16-7-5-6-13-8-9-15-14-10-11-23-12-17(14)25-19(15)18(13)16/h5-12,22,24H,1-4H3. The molecule has 132 valence electrons. The molecular formula is C21H22BNO3. The van der Waals surface area contributed by atoms with E-state index in [2.05, 4.69) is 23.2 Å². The average Bonchev–Trinajstić information content (AvgIpc) is 2.97. The Balaban J connectivity index is 1.87. The van der Waals surface area contributed by atoms with E-state index in [-0.39, 0.29) is 0 Å². The van der Waals surface area contributed by atoms with E-state index >= 15 is 0 Å². The third-order valence-electron chi connectivity index (χ3n) is 5.43. The van der Waals surface area contributed by atoms with Crippen molar-refractivity contribution in [1.29, 1.82) is 0 Å². The van der Waals surface area contributed by atoms with Crippen LogP contribution in [0.25, 0.3) is 32.7 Å². The zero-order valence-electron chi connectivity index (χ0n) is 15.5. The largest absolute Gasteiger partial charge is 0.454 e. The first kappa shape index (κ1) is 17.1. The zero-order chi connectivity index (χ0) is 18.5. The molecule has 0 amide bonds. The fraction of sp³-hybridized carbons (Fsp3) is 0.286. The minimum absolute atomic E-state index is 0.392. The summed E-state index contributed by atoms with van der Waals surface area (Å²) < 4.78 is 12.2. The molecule has 0 radical (unpaired) electrons. The Kier molecular flexibility index (Phi) is 3.83. The smallest absolute Gasteiger partial charge is 0.310 e. The highest BCUT2D eigenvalue weighted by molar-refractivity contribution is 6.53. The number of benzene rings is 2. The van der Waals surface area contributed by atoms with Crippen LogP contribution in [0.3, 0.4) is 0 Å². The van der Waals surface area contributed by atoms with Gasteiger partial charge in [-0.1, -0.05) is 24.3 Å². The average molecular weight is 347 g/mol. The lowest BCUT2D eigenvalue weighted by atomic mass is 9.80. The van der Waals surface area contributed by atoms with Crippen LogP contribution in [0.1, 0.15) is 27.7 Å². The van der Waals surface area contributed by atoms with Crippen molar-refractivity contribution < 1.29 is 14.2 Å². The number of rotatable bonds is 4. The highest BCUT2D eigenvalue weighted by Gasteiger charge is 2.35. The number of furan rings is 1. The van der Waals surface area contributed by atoms with Crippen LogP contribution in [0.5, 0.6) is 0 Å². The molecule has 4 aromatic rings. The molecule has 2 aromatic heterocycles. The van der Waals surface area contributed by atoms with Gasteiger partial charge in [0.1, 0.15) is 5.58 Å². The zero-order valence-corrected chi connectivity index (χ0v) is 15.5. The van der Waals surface area contributed by atoms with E-state index in [4.69, 9.17) is 9.07 Å². The lowest BCUT2D eigenvalue weighted by Gasteiger charge is -2.37.